The normalized spacial score (nSPS) is 18.1. The van der Waals surface area contributed by atoms with Crippen LogP contribution < -0.4 is 11.3 Å². The van der Waals surface area contributed by atoms with Gasteiger partial charge in [-0.1, -0.05) is 31.4 Å². The average molecular weight is 222 g/mol. The second kappa shape index (κ2) is 5.41. The molecule has 2 rings (SSSR count). The van der Waals surface area contributed by atoms with Crippen molar-refractivity contribution in [2.45, 2.75) is 38.1 Å². The molecule has 3 heteroatoms. The second-order valence-electron chi connectivity index (χ2n) is 4.73. The Bertz CT molecular complexity index is 336. The van der Waals surface area contributed by atoms with Crippen LogP contribution in [-0.4, -0.2) is 6.04 Å². The third-order valence-electron chi connectivity index (χ3n) is 3.45. The van der Waals surface area contributed by atoms with Crippen LogP contribution in [0.1, 0.15) is 31.2 Å². The third-order valence-corrected chi connectivity index (χ3v) is 3.45. The predicted octanol–water partition coefficient (Wildman–Crippen LogP) is 2.39. The number of hydrazine groups is 1. The van der Waals surface area contributed by atoms with Crippen molar-refractivity contribution in [3.05, 3.63) is 35.6 Å². The lowest BCUT2D eigenvalue weighted by Gasteiger charge is -2.29. The Balaban J connectivity index is 1.89. The van der Waals surface area contributed by atoms with Crippen LogP contribution in [0.3, 0.4) is 0 Å². The molecule has 0 amide bonds. The Hall–Kier alpha value is -0.930. The first-order chi connectivity index (χ1) is 7.78. The summed E-state index contributed by atoms with van der Waals surface area (Å²) in [5, 5.41) is 0. The zero-order valence-corrected chi connectivity index (χ0v) is 9.45. The van der Waals surface area contributed by atoms with Gasteiger partial charge in [-0.15, -0.1) is 0 Å². The molecule has 0 aliphatic heterocycles. The Morgan fingerprint density at radius 3 is 2.81 bits per heavy atom. The fraction of sp³-hybridized carbons (Fsp3) is 0.538. The number of halogens is 1. The van der Waals surface area contributed by atoms with E-state index in [0.29, 0.717) is 0 Å². The van der Waals surface area contributed by atoms with Crippen molar-refractivity contribution in [1.29, 1.82) is 0 Å². The van der Waals surface area contributed by atoms with Gasteiger partial charge in [0.2, 0.25) is 0 Å². The van der Waals surface area contributed by atoms with E-state index in [1.165, 1.54) is 25.3 Å². The molecular weight excluding hydrogens is 203 g/mol. The van der Waals surface area contributed by atoms with Crippen LogP contribution >= 0.6 is 0 Å². The molecule has 1 aliphatic rings. The van der Waals surface area contributed by atoms with E-state index in [1.807, 2.05) is 6.07 Å². The highest BCUT2D eigenvalue weighted by molar-refractivity contribution is 5.17. The number of hydrogen-bond acceptors (Lipinski definition) is 2. The Kier molecular flexibility index (Phi) is 3.91. The van der Waals surface area contributed by atoms with Gasteiger partial charge < -0.3 is 0 Å². The highest BCUT2D eigenvalue weighted by Gasteiger charge is 2.21. The summed E-state index contributed by atoms with van der Waals surface area (Å²) < 4.78 is 13.0. The topological polar surface area (TPSA) is 38.0 Å². The quantitative estimate of drug-likeness (QED) is 0.593. The first kappa shape index (κ1) is 11.6. The SMILES string of the molecule is NNC(Cc1cccc(F)c1)CC1CCC1. The van der Waals surface area contributed by atoms with Crippen LogP contribution in [0.5, 0.6) is 0 Å². The van der Waals surface area contributed by atoms with Gasteiger partial charge in [0.15, 0.2) is 0 Å². The van der Waals surface area contributed by atoms with E-state index in [4.69, 9.17) is 5.84 Å². The average Bonchev–Trinajstić information content (AvgIpc) is 2.21. The summed E-state index contributed by atoms with van der Waals surface area (Å²) >= 11 is 0. The maximum atomic E-state index is 13.0. The van der Waals surface area contributed by atoms with Crippen LogP contribution in [0, 0.1) is 11.7 Å². The van der Waals surface area contributed by atoms with Crippen LogP contribution in [0.25, 0.3) is 0 Å². The van der Waals surface area contributed by atoms with Gasteiger partial charge in [-0.25, -0.2) is 4.39 Å². The van der Waals surface area contributed by atoms with E-state index >= 15 is 0 Å². The molecule has 0 bridgehead atoms. The highest BCUT2D eigenvalue weighted by atomic mass is 19.1. The third kappa shape index (κ3) is 3.03. The minimum Gasteiger partial charge on any atom is -0.271 e. The van der Waals surface area contributed by atoms with Crippen molar-refractivity contribution < 1.29 is 4.39 Å². The van der Waals surface area contributed by atoms with Gasteiger partial charge in [0.1, 0.15) is 5.82 Å². The van der Waals surface area contributed by atoms with Crippen LogP contribution in [0.4, 0.5) is 4.39 Å². The molecule has 1 atom stereocenters. The van der Waals surface area contributed by atoms with Crippen molar-refractivity contribution in [2.24, 2.45) is 11.8 Å². The number of nitrogens with two attached hydrogens (primary N) is 1. The van der Waals surface area contributed by atoms with E-state index in [-0.39, 0.29) is 11.9 Å². The van der Waals surface area contributed by atoms with Crippen LogP contribution in [0.2, 0.25) is 0 Å². The molecule has 1 fully saturated rings. The van der Waals surface area contributed by atoms with E-state index in [0.717, 1.165) is 24.3 Å². The molecule has 0 spiro atoms. The summed E-state index contributed by atoms with van der Waals surface area (Å²) in [6.07, 6.45) is 5.91. The monoisotopic (exact) mass is 222 g/mol. The predicted molar refractivity (Wildman–Crippen MR) is 63.2 cm³/mol. The molecule has 3 N–H and O–H groups in total. The Labute approximate surface area is 96.0 Å². The summed E-state index contributed by atoms with van der Waals surface area (Å²) in [7, 11) is 0. The van der Waals surface area contributed by atoms with Gasteiger partial charge >= 0.3 is 0 Å². The molecule has 1 aromatic carbocycles. The highest BCUT2D eigenvalue weighted by Crippen LogP contribution is 2.30. The van der Waals surface area contributed by atoms with Crippen molar-refractivity contribution in [1.82, 2.24) is 5.43 Å². The zero-order chi connectivity index (χ0) is 11.4. The molecule has 0 radical (unpaired) electrons. The van der Waals surface area contributed by atoms with Crippen molar-refractivity contribution in [3.8, 4) is 0 Å². The summed E-state index contributed by atoms with van der Waals surface area (Å²) in [6, 6.07) is 7.04. The summed E-state index contributed by atoms with van der Waals surface area (Å²) in [5.41, 5.74) is 3.86. The lowest BCUT2D eigenvalue weighted by Crippen LogP contribution is -2.39. The second-order valence-corrected chi connectivity index (χ2v) is 4.73. The van der Waals surface area contributed by atoms with Gasteiger partial charge in [0.25, 0.3) is 0 Å². The van der Waals surface area contributed by atoms with Gasteiger partial charge in [0.05, 0.1) is 0 Å². The largest absolute Gasteiger partial charge is 0.271 e. The number of nitrogens with one attached hydrogen (secondary N) is 1. The molecule has 0 heterocycles. The number of benzene rings is 1. The molecule has 1 aliphatic carbocycles. The Morgan fingerprint density at radius 1 is 1.44 bits per heavy atom. The van der Waals surface area contributed by atoms with E-state index in [2.05, 4.69) is 5.43 Å². The minimum atomic E-state index is -0.170. The van der Waals surface area contributed by atoms with Gasteiger partial charge in [0, 0.05) is 6.04 Å². The molecule has 16 heavy (non-hydrogen) atoms. The maximum Gasteiger partial charge on any atom is 0.123 e. The first-order valence-corrected chi connectivity index (χ1v) is 5.98. The molecule has 0 aromatic heterocycles. The van der Waals surface area contributed by atoms with Crippen molar-refractivity contribution in [3.63, 3.8) is 0 Å². The Morgan fingerprint density at radius 2 is 2.25 bits per heavy atom. The molecule has 1 saturated carbocycles. The van der Waals surface area contributed by atoms with Crippen LogP contribution in [-0.2, 0) is 6.42 Å². The summed E-state index contributed by atoms with van der Waals surface area (Å²) in [4.78, 5) is 0. The first-order valence-electron chi connectivity index (χ1n) is 5.98. The summed E-state index contributed by atoms with van der Waals surface area (Å²) in [5.74, 6) is 6.19. The lowest BCUT2D eigenvalue weighted by atomic mass is 9.80. The number of hydrogen-bond donors (Lipinski definition) is 2. The van der Waals surface area contributed by atoms with E-state index in [9.17, 15) is 4.39 Å². The fourth-order valence-corrected chi connectivity index (χ4v) is 2.29. The molecular formula is C13H19FN2. The van der Waals surface area contributed by atoms with E-state index < -0.39 is 0 Å². The molecule has 1 unspecified atom stereocenters. The molecule has 1 aromatic rings. The van der Waals surface area contributed by atoms with Gasteiger partial charge in [-0.05, 0) is 36.5 Å². The van der Waals surface area contributed by atoms with Crippen molar-refractivity contribution in [2.75, 3.05) is 0 Å². The van der Waals surface area contributed by atoms with E-state index in [1.54, 1.807) is 12.1 Å². The van der Waals surface area contributed by atoms with Crippen LogP contribution in [0.15, 0.2) is 24.3 Å². The lowest BCUT2D eigenvalue weighted by molar-refractivity contribution is 0.259. The van der Waals surface area contributed by atoms with Crippen molar-refractivity contribution >= 4 is 0 Å². The smallest absolute Gasteiger partial charge is 0.123 e. The van der Waals surface area contributed by atoms with Gasteiger partial charge in [-0.3, -0.25) is 11.3 Å². The zero-order valence-electron chi connectivity index (χ0n) is 9.45. The number of rotatable bonds is 5. The fourth-order valence-electron chi connectivity index (χ4n) is 2.29. The molecule has 88 valence electrons. The summed E-state index contributed by atoms with van der Waals surface area (Å²) in [6.45, 7) is 0. The molecule has 0 saturated heterocycles. The van der Waals surface area contributed by atoms with Gasteiger partial charge in [-0.2, -0.15) is 0 Å². The maximum absolute atomic E-state index is 13.0. The standard InChI is InChI=1S/C13H19FN2/c14-12-6-2-5-11(7-12)9-13(16-15)8-10-3-1-4-10/h2,5-7,10,13,16H,1,3-4,8-9,15H2. The molecule has 2 nitrogen and oxygen atoms in total. The minimum absolute atomic E-state index is 0.170.